The van der Waals surface area contributed by atoms with Crippen molar-refractivity contribution in [3.05, 3.63) is 60.7 Å². The molecule has 0 aromatic heterocycles. The first-order valence-electron chi connectivity index (χ1n) is 45.8. The van der Waals surface area contributed by atoms with Gasteiger partial charge in [-0.1, -0.05) is 413 Å². The maximum atomic E-state index is 7.42. The first-order chi connectivity index (χ1) is 51.6. The van der Waals surface area contributed by atoms with Gasteiger partial charge in [-0.15, -0.1) is 0 Å². The summed E-state index contributed by atoms with van der Waals surface area (Å²) in [5.41, 5.74) is 0. The molecule has 0 radical (unpaired) electrons. The third-order valence-electron chi connectivity index (χ3n) is 22.6. The van der Waals surface area contributed by atoms with Crippen LogP contribution in [-0.2, 0) is 0 Å². The molecule has 0 fully saturated rings. The van der Waals surface area contributed by atoms with Crippen molar-refractivity contribution in [3.63, 3.8) is 0 Å². The molecule has 6 nitrogen and oxygen atoms in total. The van der Waals surface area contributed by atoms with E-state index in [2.05, 4.69) is 102 Å². The average molecular weight is 1430 g/mol. The van der Waals surface area contributed by atoms with Gasteiger partial charge in [0.1, 0.15) is 0 Å². The van der Waals surface area contributed by atoms with Crippen molar-refractivity contribution in [1.29, 1.82) is 0 Å². The third kappa shape index (κ3) is 33.9. The Morgan fingerprint density at radius 3 is 0.615 bits per heavy atom. The minimum absolute atomic E-state index is 0.647. The van der Waals surface area contributed by atoms with Crippen LogP contribution in [0.4, 0.5) is 0 Å². The molecule has 0 heterocycles. The van der Waals surface area contributed by atoms with E-state index < -0.39 is 0 Å². The van der Waals surface area contributed by atoms with Gasteiger partial charge in [0, 0.05) is 43.1 Å². The molecule has 0 spiro atoms. The van der Waals surface area contributed by atoms with Crippen LogP contribution in [0, 0.1) is 0 Å². The van der Waals surface area contributed by atoms with Crippen LogP contribution in [-0.4, -0.2) is 39.6 Å². The minimum Gasteiger partial charge on any atom is -0.490 e. The summed E-state index contributed by atoms with van der Waals surface area (Å²) in [6, 6.07) is 23.2. The Morgan fingerprint density at radius 1 is 0.154 bits per heavy atom. The van der Waals surface area contributed by atoms with E-state index in [4.69, 9.17) is 28.4 Å². The number of benzene rings is 6. The Kier molecular flexibility index (Phi) is 50.4. The number of hydrogen-bond acceptors (Lipinski definition) is 6. The molecule has 0 bridgehead atoms. The molecule has 0 atom stereocenters. The summed E-state index contributed by atoms with van der Waals surface area (Å²) in [5.74, 6) is 5.27. The van der Waals surface area contributed by atoms with Crippen molar-refractivity contribution in [1.82, 2.24) is 0 Å². The van der Waals surface area contributed by atoms with E-state index in [9.17, 15) is 0 Å². The molecule has 0 unspecified atom stereocenters. The van der Waals surface area contributed by atoms with Gasteiger partial charge in [-0.05, 0) is 85.7 Å². The van der Waals surface area contributed by atoms with Crippen molar-refractivity contribution >= 4 is 53.9 Å². The topological polar surface area (TPSA) is 55.4 Å². The number of rotatable bonds is 72. The maximum Gasteiger partial charge on any atom is 0.169 e. The largest absolute Gasteiger partial charge is 0.490 e. The summed E-state index contributed by atoms with van der Waals surface area (Å²) < 4.78 is 43.6. The highest BCUT2D eigenvalue weighted by Gasteiger charge is 2.27. The van der Waals surface area contributed by atoms with E-state index >= 15 is 0 Å². The second-order valence-electron chi connectivity index (χ2n) is 31.9. The highest BCUT2D eigenvalue weighted by molar-refractivity contribution is 6.36. The summed E-state index contributed by atoms with van der Waals surface area (Å²) >= 11 is 0. The van der Waals surface area contributed by atoms with E-state index in [-0.39, 0.29) is 0 Å². The van der Waals surface area contributed by atoms with Gasteiger partial charge >= 0.3 is 0 Å². The van der Waals surface area contributed by atoms with Gasteiger partial charge < -0.3 is 28.4 Å². The molecular weight excluding hydrogens is 1270 g/mol. The molecule has 6 rings (SSSR count). The summed E-state index contributed by atoms with van der Waals surface area (Å²) in [4.78, 5) is 0. The second kappa shape index (κ2) is 59.4. The zero-order valence-electron chi connectivity index (χ0n) is 68.9. The second-order valence-corrected chi connectivity index (χ2v) is 31.9. The van der Waals surface area contributed by atoms with Gasteiger partial charge in [-0.2, -0.15) is 0 Å². The van der Waals surface area contributed by atoms with Gasteiger partial charge in [-0.25, -0.2) is 0 Å². The Labute approximate surface area is 640 Å². The van der Waals surface area contributed by atoms with E-state index in [0.717, 1.165) is 105 Å². The van der Waals surface area contributed by atoms with Gasteiger partial charge in [-0.3, -0.25) is 0 Å². The van der Waals surface area contributed by atoms with Gasteiger partial charge in [0.05, 0.1) is 39.6 Å². The van der Waals surface area contributed by atoms with Crippen molar-refractivity contribution < 1.29 is 28.4 Å². The summed E-state index contributed by atoms with van der Waals surface area (Å²) in [6.07, 6.45) is 77.4. The molecule has 0 aliphatic rings. The minimum atomic E-state index is 0.647. The van der Waals surface area contributed by atoms with Gasteiger partial charge in [0.25, 0.3) is 0 Å². The third-order valence-corrected chi connectivity index (χ3v) is 22.6. The van der Waals surface area contributed by atoms with E-state index in [1.807, 2.05) is 0 Å². The Morgan fingerprint density at radius 2 is 0.337 bits per heavy atom. The average Bonchev–Trinajstić information content (AvgIpc) is 0.702. The molecule has 6 aromatic rings. The lowest BCUT2D eigenvalue weighted by atomic mass is 9.88. The predicted molar refractivity (Wildman–Crippen MR) is 458 cm³/mol. The highest BCUT2D eigenvalue weighted by atomic mass is 16.5. The molecule has 0 saturated heterocycles. The standard InChI is InChI=1S/C98H160O6/c1-7-13-19-25-31-37-43-49-55-63-77-99-90-76-75-84-86(94(90)100-78-64-56-50-44-38-32-26-20-14-8-2)71-72-87-92(84)93-89(98(104-82-68-60-54-48-42-36-30-24-18-12-6)97(87)103-81-67-59-53-47-41-35-29-23-17-11-5)74-73-88-91(93)83-69-61-62-70-85(83)95(101-79-65-57-51-45-39-33-27-21-15-9-3)96(88)102-80-66-58-52-46-40-34-28-22-16-10-4/h61-62,69-76H,7-60,63-68,77-82H2,1-6H3. The fourth-order valence-electron chi connectivity index (χ4n) is 16.2. The number of unbranched alkanes of at least 4 members (excludes halogenated alkanes) is 54. The summed E-state index contributed by atoms with van der Waals surface area (Å²) in [7, 11) is 0. The fraction of sp³-hybridized carbons (Fsp3) is 0.735. The molecule has 0 amide bonds. The number of ether oxygens (including phenoxy) is 6. The highest BCUT2D eigenvalue weighted by Crippen LogP contribution is 2.54. The molecular formula is C98H160O6. The lowest BCUT2D eigenvalue weighted by Crippen LogP contribution is -2.06. The van der Waals surface area contributed by atoms with Crippen LogP contribution in [0.3, 0.4) is 0 Å². The number of fused-ring (bicyclic) bond motifs is 9. The van der Waals surface area contributed by atoms with Gasteiger partial charge in [0.2, 0.25) is 0 Å². The lowest BCUT2D eigenvalue weighted by molar-refractivity contribution is 0.261. The molecule has 104 heavy (non-hydrogen) atoms. The monoisotopic (exact) mass is 1430 g/mol. The maximum absolute atomic E-state index is 7.42. The number of hydrogen-bond donors (Lipinski definition) is 0. The molecule has 588 valence electrons. The van der Waals surface area contributed by atoms with Crippen LogP contribution in [0.2, 0.25) is 0 Å². The first kappa shape index (κ1) is 88.3. The zero-order valence-corrected chi connectivity index (χ0v) is 68.9. The lowest BCUT2D eigenvalue weighted by Gasteiger charge is -2.24. The van der Waals surface area contributed by atoms with Crippen molar-refractivity contribution in [3.8, 4) is 34.5 Å². The first-order valence-corrected chi connectivity index (χ1v) is 45.8. The normalized spacial score (nSPS) is 11.8. The Hall–Kier alpha value is -4.58. The van der Waals surface area contributed by atoms with E-state index in [1.54, 1.807) is 0 Å². The molecule has 0 N–H and O–H groups in total. The van der Waals surface area contributed by atoms with E-state index in [0.29, 0.717) is 39.6 Å². The van der Waals surface area contributed by atoms with Crippen molar-refractivity contribution in [2.45, 2.75) is 427 Å². The SMILES string of the molecule is CCCCCCCCCCCCOc1ccc2c(ccc3c(OCCCCCCCCCCCC)c(OCCCCCCCCCCCC)c4ccc5c(OCCCCCCCCCCCC)c(OCCCCCCCCCCCC)c6ccccc6c5c4c32)c1OCCCCCCCCCCCC. The Bertz CT molecular complexity index is 3070. The molecule has 6 heteroatoms. The van der Waals surface area contributed by atoms with Crippen LogP contribution in [0.5, 0.6) is 34.5 Å². The van der Waals surface area contributed by atoms with E-state index in [1.165, 1.54) is 368 Å². The van der Waals surface area contributed by atoms with Crippen LogP contribution >= 0.6 is 0 Å². The molecule has 0 saturated carbocycles. The van der Waals surface area contributed by atoms with Crippen LogP contribution in [0.15, 0.2) is 60.7 Å². The van der Waals surface area contributed by atoms with Crippen molar-refractivity contribution in [2.24, 2.45) is 0 Å². The molecule has 0 aliphatic heterocycles. The Balaban J connectivity index is 1.48. The summed E-state index contributed by atoms with van der Waals surface area (Å²) in [6.45, 7) is 17.9. The predicted octanol–water partition coefficient (Wildman–Crippen LogP) is 33.3. The molecule has 6 aromatic carbocycles. The quantitative estimate of drug-likeness (QED) is 0.0280. The summed E-state index contributed by atoms with van der Waals surface area (Å²) in [5, 5.41) is 11.4. The van der Waals surface area contributed by atoms with Crippen molar-refractivity contribution in [2.75, 3.05) is 39.6 Å². The van der Waals surface area contributed by atoms with Gasteiger partial charge in [0.15, 0.2) is 34.5 Å². The van der Waals surface area contributed by atoms with Crippen LogP contribution < -0.4 is 28.4 Å². The van der Waals surface area contributed by atoms with Crippen LogP contribution in [0.1, 0.15) is 427 Å². The molecule has 0 aliphatic carbocycles. The fourth-order valence-corrected chi connectivity index (χ4v) is 16.2. The zero-order chi connectivity index (χ0) is 73.2. The van der Waals surface area contributed by atoms with Crippen LogP contribution in [0.25, 0.3) is 53.9 Å². The smallest absolute Gasteiger partial charge is 0.169 e.